The maximum absolute atomic E-state index is 13.7. The van der Waals surface area contributed by atoms with Gasteiger partial charge in [0.1, 0.15) is 11.9 Å². The lowest BCUT2D eigenvalue weighted by Gasteiger charge is -2.13. The van der Waals surface area contributed by atoms with Gasteiger partial charge in [-0.2, -0.15) is 18.3 Å². The van der Waals surface area contributed by atoms with Crippen molar-refractivity contribution in [3.05, 3.63) is 53.1 Å². The van der Waals surface area contributed by atoms with Crippen molar-refractivity contribution in [3.63, 3.8) is 0 Å². The number of aromatic nitrogens is 2. The topological polar surface area (TPSA) is 38.0 Å². The largest absolute Gasteiger partial charge is 0.416 e. The van der Waals surface area contributed by atoms with Crippen LogP contribution in [0.5, 0.6) is 0 Å². The molecule has 3 nitrogen and oxygen atoms in total. The number of rotatable bonds is 4. The van der Waals surface area contributed by atoms with Gasteiger partial charge in [0.25, 0.3) is 0 Å². The van der Waals surface area contributed by atoms with Gasteiger partial charge in [0.05, 0.1) is 11.8 Å². The van der Waals surface area contributed by atoms with Crippen LogP contribution in [0.15, 0.2) is 30.6 Å². The van der Waals surface area contributed by atoms with Gasteiger partial charge >= 0.3 is 6.18 Å². The molecule has 1 atom stereocenters. The normalized spacial score (nSPS) is 13.4. The Morgan fingerprint density at radius 1 is 1.33 bits per heavy atom. The molecule has 1 aromatic heterocycles. The molecule has 0 fully saturated rings. The van der Waals surface area contributed by atoms with Crippen molar-refractivity contribution in [3.8, 4) is 0 Å². The van der Waals surface area contributed by atoms with Gasteiger partial charge in [-0.15, -0.1) is 0 Å². The summed E-state index contributed by atoms with van der Waals surface area (Å²) < 4.78 is 53.2. The molecule has 0 aliphatic rings. The molecule has 7 heteroatoms. The van der Waals surface area contributed by atoms with Crippen LogP contribution in [0.3, 0.4) is 0 Å². The number of halogens is 4. The monoisotopic (exact) mass is 302 g/mol. The third-order valence-corrected chi connectivity index (χ3v) is 3.04. The summed E-state index contributed by atoms with van der Waals surface area (Å²) in [5.74, 6) is -0.890. The average molecular weight is 302 g/mol. The number of aryl methyl sites for hydroxylation is 1. The van der Waals surface area contributed by atoms with E-state index in [1.54, 1.807) is 4.68 Å². The van der Waals surface area contributed by atoms with E-state index in [2.05, 4.69) is 5.10 Å². The molecule has 2 aromatic rings. The standard InChI is InChI=1S/C14H14F4N2O/c1-2-5-20-8-9(7-19-20)13(21)11-6-10(14(16,17)18)3-4-12(11)15/h3-4,6-8,13,21H,2,5H2,1H3. The maximum atomic E-state index is 13.7. The van der Waals surface area contributed by atoms with Gasteiger partial charge in [0, 0.05) is 23.9 Å². The minimum absolute atomic E-state index is 0.252. The van der Waals surface area contributed by atoms with E-state index in [9.17, 15) is 22.7 Å². The van der Waals surface area contributed by atoms with Crippen LogP contribution in [0.1, 0.15) is 36.1 Å². The first kappa shape index (κ1) is 15.5. The smallest absolute Gasteiger partial charge is 0.383 e. The van der Waals surface area contributed by atoms with Crippen LogP contribution in [-0.4, -0.2) is 14.9 Å². The molecule has 1 N–H and O–H groups in total. The number of nitrogens with zero attached hydrogens (tertiary/aromatic N) is 2. The van der Waals surface area contributed by atoms with Crippen molar-refractivity contribution in [2.24, 2.45) is 0 Å². The minimum Gasteiger partial charge on any atom is -0.383 e. The Bertz CT molecular complexity index is 622. The second-order valence-corrected chi connectivity index (χ2v) is 4.67. The summed E-state index contributed by atoms with van der Waals surface area (Å²) in [6.07, 6.45) is -2.45. The van der Waals surface area contributed by atoms with Gasteiger partial charge < -0.3 is 5.11 Å². The molecule has 1 unspecified atom stereocenters. The fourth-order valence-corrected chi connectivity index (χ4v) is 1.98. The van der Waals surface area contributed by atoms with E-state index in [1.165, 1.54) is 12.4 Å². The SMILES string of the molecule is CCCn1cc(C(O)c2cc(C(F)(F)F)ccc2F)cn1. The van der Waals surface area contributed by atoms with Gasteiger partial charge in [-0.05, 0) is 24.6 Å². The molecule has 1 heterocycles. The van der Waals surface area contributed by atoms with E-state index >= 15 is 0 Å². The second kappa shape index (κ2) is 5.85. The number of aliphatic hydroxyl groups is 1. The molecular weight excluding hydrogens is 288 g/mol. The lowest BCUT2D eigenvalue weighted by atomic mass is 10.0. The zero-order valence-corrected chi connectivity index (χ0v) is 11.2. The highest BCUT2D eigenvalue weighted by molar-refractivity contribution is 5.33. The predicted octanol–water partition coefficient (Wildman–Crippen LogP) is 3.53. The lowest BCUT2D eigenvalue weighted by Crippen LogP contribution is -2.09. The second-order valence-electron chi connectivity index (χ2n) is 4.67. The molecule has 0 amide bonds. The quantitative estimate of drug-likeness (QED) is 0.877. The van der Waals surface area contributed by atoms with Crippen molar-refractivity contribution in [1.29, 1.82) is 0 Å². The van der Waals surface area contributed by atoms with Crippen LogP contribution < -0.4 is 0 Å². The summed E-state index contributed by atoms with van der Waals surface area (Å²) in [7, 11) is 0. The highest BCUT2D eigenvalue weighted by atomic mass is 19.4. The van der Waals surface area contributed by atoms with Crippen molar-refractivity contribution in [2.45, 2.75) is 32.2 Å². The average Bonchev–Trinajstić information content (AvgIpc) is 2.86. The summed E-state index contributed by atoms with van der Waals surface area (Å²) in [5.41, 5.74) is -1.17. The van der Waals surface area contributed by atoms with Crippen LogP contribution in [-0.2, 0) is 12.7 Å². The Morgan fingerprint density at radius 3 is 2.67 bits per heavy atom. The van der Waals surface area contributed by atoms with Crippen molar-refractivity contribution in [2.75, 3.05) is 0 Å². The fourth-order valence-electron chi connectivity index (χ4n) is 1.98. The van der Waals surface area contributed by atoms with E-state index in [0.717, 1.165) is 6.42 Å². The third-order valence-electron chi connectivity index (χ3n) is 3.04. The van der Waals surface area contributed by atoms with Crippen LogP contribution in [0.25, 0.3) is 0 Å². The molecule has 0 saturated carbocycles. The van der Waals surface area contributed by atoms with Gasteiger partial charge in [-0.25, -0.2) is 4.39 Å². The van der Waals surface area contributed by atoms with Crippen molar-refractivity contribution < 1.29 is 22.7 Å². The molecule has 0 radical (unpaired) electrons. The molecule has 0 aliphatic heterocycles. The molecule has 0 aliphatic carbocycles. The van der Waals surface area contributed by atoms with Gasteiger partial charge in [0.15, 0.2) is 0 Å². The molecule has 2 rings (SSSR count). The number of aliphatic hydroxyl groups excluding tert-OH is 1. The molecule has 0 spiro atoms. The van der Waals surface area contributed by atoms with Crippen molar-refractivity contribution in [1.82, 2.24) is 9.78 Å². The molecule has 0 bridgehead atoms. The van der Waals surface area contributed by atoms with E-state index < -0.39 is 29.2 Å². The molecular formula is C14H14F4N2O. The zero-order chi connectivity index (χ0) is 15.6. The molecule has 21 heavy (non-hydrogen) atoms. The first-order valence-electron chi connectivity index (χ1n) is 6.40. The Balaban J connectivity index is 2.35. The first-order valence-corrected chi connectivity index (χ1v) is 6.40. The maximum Gasteiger partial charge on any atom is 0.416 e. The minimum atomic E-state index is -4.59. The number of benzene rings is 1. The summed E-state index contributed by atoms with van der Waals surface area (Å²) >= 11 is 0. The lowest BCUT2D eigenvalue weighted by molar-refractivity contribution is -0.137. The van der Waals surface area contributed by atoms with Gasteiger partial charge in [0.2, 0.25) is 0 Å². The summed E-state index contributed by atoms with van der Waals surface area (Å²) in [6.45, 7) is 2.54. The van der Waals surface area contributed by atoms with Gasteiger partial charge in [-0.3, -0.25) is 4.68 Å². The summed E-state index contributed by atoms with van der Waals surface area (Å²) in [6, 6.07) is 1.97. The highest BCUT2D eigenvalue weighted by Crippen LogP contribution is 2.33. The summed E-state index contributed by atoms with van der Waals surface area (Å²) in [4.78, 5) is 0. The molecule has 1 aromatic carbocycles. The Labute approximate surface area is 118 Å². The Morgan fingerprint density at radius 2 is 2.05 bits per heavy atom. The van der Waals surface area contributed by atoms with Crippen LogP contribution in [0.2, 0.25) is 0 Å². The predicted molar refractivity (Wildman–Crippen MR) is 68.0 cm³/mol. The van der Waals surface area contributed by atoms with E-state index in [-0.39, 0.29) is 5.56 Å². The number of hydrogen-bond acceptors (Lipinski definition) is 2. The zero-order valence-electron chi connectivity index (χ0n) is 11.2. The molecule has 114 valence electrons. The molecule has 0 saturated heterocycles. The number of alkyl halides is 3. The first-order chi connectivity index (χ1) is 9.82. The van der Waals surface area contributed by atoms with Gasteiger partial charge in [-0.1, -0.05) is 6.92 Å². The van der Waals surface area contributed by atoms with E-state index in [0.29, 0.717) is 24.7 Å². The number of hydrogen-bond donors (Lipinski definition) is 1. The highest BCUT2D eigenvalue weighted by Gasteiger charge is 2.32. The summed E-state index contributed by atoms with van der Waals surface area (Å²) in [5, 5.41) is 14.0. The third kappa shape index (κ3) is 3.41. The van der Waals surface area contributed by atoms with E-state index in [1.807, 2.05) is 6.92 Å². The Hall–Kier alpha value is -1.89. The van der Waals surface area contributed by atoms with Crippen LogP contribution in [0, 0.1) is 5.82 Å². The van der Waals surface area contributed by atoms with E-state index in [4.69, 9.17) is 0 Å². The van der Waals surface area contributed by atoms with Crippen molar-refractivity contribution >= 4 is 0 Å². The van der Waals surface area contributed by atoms with Crippen LogP contribution >= 0.6 is 0 Å². The Kier molecular flexibility index (Phi) is 4.32. The fraction of sp³-hybridized carbons (Fsp3) is 0.357. The van der Waals surface area contributed by atoms with Crippen LogP contribution in [0.4, 0.5) is 17.6 Å².